The van der Waals surface area contributed by atoms with E-state index in [1.165, 1.54) is 6.42 Å². The predicted octanol–water partition coefficient (Wildman–Crippen LogP) is 2.88. The Morgan fingerprint density at radius 2 is 2.28 bits per heavy atom. The van der Waals surface area contributed by atoms with Gasteiger partial charge in [-0.3, -0.25) is 4.21 Å². The molecule has 0 spiro atoms. The van der Waals surface area contributed by atoms with E-state index < -0.39 is 10.8 Å². The largest absolute Gasteiger partial charge is 0.367 e. The molecule has 1 saturated carbocycles. The zero-order chi connectivity index (χ0) is 13.0. The first kappa shape index (κ1) is 13.5. The summed E-state index contributed by atoms with van der Waals surface area (Å²) < 4.78 is 11.9. The Bertz CT molecular complexity index is 422. The van der Waals surface area contributed by atoms with Gasteiger partial charge in [0.15, 0.2) is 0 Å². The van der Waals surface area contributed by atoms with E-state index in [9.17, 15) is 4.21 Å². The third-order valence-electron chi connectivity index (χ3n) is 3.52. The Balaban J connectivity index is 1.95. The topological polar surface area (TPSA) is 42.0 Å². The number of hydrogen-bond acceptors (Lipinski definition) is 3. The molecule has 1 aromatic rings. The van der Waals surface area contributed by atoms with Gasteiger partial charge < -0.3 is 5.32 Å². The second kappa shape index (κ2) is 6.32. The second-order valence-electron chi connectivity index (χ2n) is 4.96. The number of nitrogens with zero attached hydrogens (tertiary/aromatic N) is 1. The van der Waals surface area contributed by atoms with Crippen LogP contribution < -0.4 is 5.32 Å². The number of pyridine rings is 1. The fourth-order valence-electron chi connectivity index (χ4n) is 2.58. The molecule has 0 aromatic carbocycles. The van der Waals surface area contributed by atoms with Gasteiger partial charge in [-0.15, -0.1) is 0 Å². The highest BCUT2D eigenvalue weighted by Crippen LogP contribution is 2.25. The molecular weight excluding hydrogens is 244 g/mol. The van der Waals surface area contributed by atoms with Crippen LogP contribution in [-0.2, 0) is 10.8 Å². The zero-order valence-electron chi connectivity index (χ0n) is 11.2. The number of anilines is 1. The minimum atomic E-state index is -0.657. The van der Waals surface area contributed by atoms with Crippen molar-refractivity contribution in [1.29, 1.82) is 0 Å². The Morgan fingerprint density at radius 3 is 3.00 bits per heavy atom. The van der Waals surface area contributed by atoms with E-state index in [1.54, 1.807) is 0 Å². The third-order valence-corrected chi connectivity index (χ3v) is 5.26. The van der Waals surface area contributed by atoms with Crippen molar-refractivity contribution in [1.82, 2.24) is 4.98 Å². The molecule has 1 heterocycles. The van der Waals surface area contributed by atoms with Crippen LogP contribution >= 0.6 is 0 Å². The van der Waals surface area contributed by atoms with Crippen molar-refractivity contribution < 1.29 is 4.21 Å². The maximum Gasteiger partial charge on any atom is 0.126 e. The van der Waals surface area contributed by atoms with E-state index in [0.29, 0.717) is 11.3 Å². The van der Waals surface area contributed by atoms with E-state index in [2.05, 4.69) is 10.3 Å². The predicted molar refractivity (Wildman–Crippen MR) is 77.3 cm³/mol. The second-order valence-corrected chi connectivity index (χ2v) is 6.97. The number of hydrogen-bond donors (Lipinski definition) is 1. The highest BCUT2D eigenvalue weighted by molar-refractivity contribution is 7.85. The normalized spacial score (nSPS) is 25.7. The van der Waals surface area contributed by atoms with E-state index in [1.807, 2.05) is 32.0 Å². The zero-order valence-corrected chi connectivity index (χ0v) is 12.0. The molecular formula is C14H22N2OS. The smallest absolute Gasteiger partial charge is 0.126 e. The number of rotatable bonds is 4. The van der Waals surface area contributed by atoms with E-state index in [-0.39, 0.29) is 0 Å². The first-order chi connectivity index (χ1) is 8.69. The Hall–Kier alpha value is -0.900. The summed E-state index contributed by atoms with van der Waals surface area (Å²) in [5, 5.41) is 3.85. The maximum absolute atomic E-state index is 11.9. The number of nitrogens with one attached hydrogen (secondary N) is 1. The number of aryl methyl sites for hydroxylation is 1. The van der Waals surface area contributed by atoms with Gasteiger partial charge in [0, 0.05) is 33.5 Å². The van der Waals surface area contributed by atoms with Crippen LogP contribution in [-0.4, -0.2) is 26.2 Å². The Morgan fingerprint density at radius 1 is 1.44 bits per heavy atom. The maximum atomic E-state index is 11.9. The fraction of sp³-hybridized carbons (Fsp3) is 0.643. The van der Waals surface area contributed by atoms with Crippen LogP contribution in [0, 0.1) is 6.92 Å². The van der Waals surface area contributed by atoms with Crippen LogP contribution in [0.2, 0.25) is 0 Å². The van der Waals surface area contributed by atoms with Crippen LogP contribution in [0.3, 0.4) is 0 Å². The lowest BCUT2D eigenvalue weighted by Crippen LogP contribution is -2.33. The average Bonchev–Trinajstić information content (AvgIpc) is 2.38. The molecule has 1 aromatic heterocycles. The van der Waals surface area contributed by atoms with Gasteiger partial charge in [0.05, 0.1) is 0 Å². The van der Waals surface area contributed by atoms with Gasteiger partial charge in [-0.1, -0.05) is 19.4 Å². The Kier molecular flexibility index (Phi) is 4.75. The van der Waals surface area contributed by atoms with Crippen molar-refractivity contribution in [2.75, 3.05) is 11.1 Å². The summed E-state index contributed by atoms with van der Waals surface area (Å²) in [7, 11) is -0.657. The van der Waals surface area contributed by atoms with E-state index in [4.69, 9.17) is 0 Å². The molecule has 18 heavy (non-hydrogen) atoms. The summed E-state index contributed by atoms with van der Waals surface area (Å²) in [5.41, 5.74) is 1.03. The monoisotopic (exact) mass is 266 g/mol. The molecule has 1 aliphatic rings. The average molecular weight is 266 g/mol. The molecule has 1 aliphatic carbocycles. The molecule has 3 atom stereocenters. The molecule has 1 N–H and O–H groups in total. The van der Waals surface area contributed by atoms with Gasteiger partial charge >= 0.3 is 0 Å². The molecule has 1 fully saturated rings. The highest BCUT2D eigenvalue weighted by atomic mass is 32.2. The summed E-state index contributed by atoms with van der Waals surface area (Å²) in [4.78, 5) is 4.47. The van der Waals surface area contributed by atoms with Gasteiger partial charge in [0.25, 0.3) is 0 Å². The van der Waals surface area contributed by atoms with Gasteiger partial charge in [0.2, 0.25) is 0 Å². The van der Waals surface area contributed by atoms with Crippen molar-refractivity contribution in [2.24, 2.45) is 0 Å². The summed E-state index contributed by atoms with van der Waals surface area (Å²) >= 11 is 0. The number of aromatic nitrogens is 1. The molecule has 3 unspecified atom stereocenters. The summed E-state index contributed by atoms with van der Waals surface area (Å²) in [6.07, 6.45) is 4.45. The Labute approximate surface area is 112 Å². The van der Waals surface area contributed by atoms with Crippen molar-refractivity contribution in [3.8, 4) is 0 Å². The van der Waals surface area contributed by atoms with Gasteiger partial charge in [0.1, 0.15) is 5.82 Å². The standard InChI is InChI=1S/C14H22N2OS/c1-3-18(17)13-8-5-7-12(10-13)16-14-9-4-6-11(2)15-14/h4,6,9,12-13H,3,5,7-8,10H2,1-2H3,(H,15,16). The molecule has 0 bridgehead atoms. The fourth-order valence-corrected chi connectivity index (χ4v) is 3.93. The van der Waals surface area contributed by atoms with Crippen LogP contribution in [0.25, 0.3) is 0 Å². The minimum Gasteiger partial charge on any atom is -0.367 e. The highest BCUT2D eigenvalue weighted by Gasteiger charge is 2.25. The quantitative estimate of drug-likeness (QED) is 0.911. The molecule has 100 valence electrons. The van der Waals surface area contributed by atoms with Crippen LogP contribution in [0.5, 0.6) is 0 Å². The minimum absolute atomic E-state index is 0.367. The first-order valence-electron chi connectivity index (χ1n) is 6.76. The third kappa shape index (κ3) is 3.55. The summed E-state index contributed by atoms with van der Waals surface area (Å²) in [6.45, 7) is 4.01. The van der Waals surface area contributed by atoms with E-state index in [0.717, 1.165) is 36.5 Å². The van der Waals surface area contributed by atoms with Crippen molar-refractivity contribution >= 4 is 16.6 Å². The molecule has 0 radical (unpaired) electrons. The molecule has 2 rings (SSSR count). The SMILES string of the molecule is CCS(=O)C1CCCC(Nc2cccc(C)n2)C1. The van der Waals surface area contributed by atoms with Crippen LogP contribution in [0.15, 0.2) is 18.2 Å². The summed E-state index contributed by atoms with van der Waals surface area (Å²) in [5.74, 6) is 1.73. The lowest BCUT2D eigenvalue weighted by atomic mass is 9.95. The van der Waals surface area contributed by atoms with Gasteiger partial charge in [-0.25, -0.2) is 4.98 Å². The molecule has 0 aliphatic heterocycles. The summed E-state index contributed by atoms with van der Waals surface area (Å²) in [6, 6.07) is 6.46. The van der Waals surface area contributed by atoms with Crippen molar-refractivity contribution in [3.05, 3.63) is 23.9 Å². The lowest BCUT2D eigenvalue weighted by molar-refractivity contribution is 0.464. The molecule has 3 nitrogen and oxygen atoms in total. The van der Waals surface area contributed by atoms with E-state index >= 15 is 0 Å². The first-order valence-corrected chi connectivity index (χ1v) is 8.14. The van der Waals surface area contributed by atoms with Gasteiger partial charge in [-0.05, 0) is 38.3 Å². The van der Waals surface area contributed by atoms with Crippen LogP contribution in [0.4, 0.5) is 5.82 Å². The molecule has 0 amide bonds. The lowest BCUT2D eigenvalue weighted by Gasteiger charge is -2.29. The van der Waals surface area contributed by atoms with Gasteiger partial charge in [-0.2, -0.15) is 0 Å². The van der Waals surface area contributed by atoms with Crippen LogP contribution in [0.1, 0.15) is 38.3 Å². The molecule has 0 saturated heterocycles. The van der Waals surface area contributed by atoms with Crippen molar-refractivity contribution in [2.45, 2.75) is 50.8 Å². The van der Waals surface area contributed by atoms with Crippen molar-refractivity contribution in [3.63, 3.8) is 0 Å². The molecule has 4 heteroatoms.